The van der Waals surface area contributed by atoms with Crippen molar-refractivity contribution >= 4 is 22.4 Å². The van der Waals surface area contributed by atoms with E-state index in [1.165, 1.54) is 11.3 Å². The molecular weight excluding hydrogens is 302 g/mol. The van der Waals surface area contributed by atoms with E-state index in [0.717, 1.165) is 10.4 Å². The van der Waals surface area contributed by atoms with Crippen LogP contribution in [0.25, 0.3) is 0 Å². The maximum atomic E-state index is 11.8. The van der Waals surface area contributed by atoms with Gasteiger partial charge in [-0.15, -0.1) is 11.3 Å². The van der Waals surface area contributed by atoms with Crippen LogP contribution in [0.2, 0.25) is 0 Å². The number of aryl methyl sites for hydroxylation is 1. The molecule has 2 rings (SSSR count). The Bertz CT molecular complexity index is 643. The average molecular weight is 321 g/mol. The molecule has 0 unspecified atom stereocenters. The molecule has 2 aromatic rings. The highest BCUT2D eigenvalue weighted by Gasteiger charge is 2.07. The first-order valence-electron chi connectivity index (χ1n) is 6.76. The van der Waals surface area contributed by atoms with Crippen LogP contribution in [0, 0.1) is 6.92 Å². The molecule has 0 radical (unpaired) electrons. The minimum Gasteiger partial charge on any atom is -0.493 e. The van der Waals surface area contributed by atoms with Crippen molar-refractivity contribution in [2.45, 2.75) is 13.5 Å². The smallest absolute Gasteiger partial charge is 0.240 e. The summed E-state index contributed by atoms with van der Waals surface area (Å²) in [7, 11) is 3.19. The Kier molecular flexibility index (Phi) is 5.74. The predicted molar refractivity (Wildman–Crippen MR) is 86.7 cm³/mol. The number of benzene rings is 1. The lowest BCUT2D eigenvalue weighted by atomic mass is 10.2. The number of ether oxygens (including phenoxy) is 2. The first-order chi connectivity index (χ1) is 10.6. The maximum Gasteiger partial charge on any atom is 0.240 e. The van der Waals surface area contributed by atoms with Crippen LogP contribution in [0.15, 0.2) is 24.4 Å². The fraction of sp³-hybridized carbons (Fsp3) is 0.333. The van der Waals surface area contributed by atoms with Gasteiger partial charge >= 0.3 is 0 Å². The number of hydrogen-bond acceptors (Lipinski definition) is 6. The van der Waals surface area contributed by atoms with E-state index in [2.05, 4.69) is 15.6 Å². The molecule has 0 saturated carbocycles. The lowest BCUT2D eigenvalue weighted by Gasteiger charge is -2.10. The average Bonchev–Trinajstić information content (AvgIpc) is 2.92. The molecule has 0 fully saturated rings. The summed E-state index contributed by atoms with van der Waals surface area (Å²) in [6, 6.07) is 5.65. The SMILES string of the molecule is COc1ccc(CNCC(=O)Nc2ncc(C)s2)cc1OC. The van der Waals surface area contributed by atoms with Gasteiger partial charge in [-0.05, 0) is 24.6 Å². The number of nitrogens with zero attached hydrogens (tertiary/aromatic N) is 1. The molecule has 0 atom stereocenters. The van der Waals surface area contributed by atoms with Crippen LogP contribution < -0.4 is 20.1 Å². The van der Waals surface area contributed by atoms with Crippen molar-refractivity contribution in [3.05, 3.63) is 34.8 Å². The van der Waals surface area contributed by atoms with Gasteiger partial charge in [0.25, 0.3) is 0 Å². The minimum absolute atomic E-state index is 0.116. The number of amides is 1. The molecule has 0 aliphatic rings. The first kappa shape index (κ1) is 16.3. The van der Waals surface area contributed by atoms with Crippen LogP contribution in [0.3, 0.4) is 0 Å². The van der Waals surface area contributed by atoms with Gasteiger partial charge in [-0.1, -0.05) is 6.07 Å². The van der Waals surface area contributed by atoms with Gasteiger partial charge < -0.3 is 20.1 Å². The summed E-state index contributed by atoms with van der Waals surface area (Å²) in [5.74, 6) is 1.24. The molecule has 0 aliphatic carbocycles. The molecule has 0 bridgehead atoms. The van der Waals surface area contributed by atoms with Crippen molar-refractivity contribution in [2.75, 3.05) is 26.1 Å². The summed E-state index contributed by atoms with van der Waals surface area (Å²) in [4.78, 5) is 16.9. The normalized spacial score (nSPS) is 10.3. The van der Waals surface area contributed by atoms with Crippen molar-refractivity contribution in [3.63, 3.8) is 0 Å². The van der Waals surface area contributed by atoms with Crippen LogP contribution in [0.4, 0.5) is 5.13 Å². The quantitative estimate of drug-likeness (QED) is 0.818. The van der Waals surface area contributed by atoms with Gasteiger partial charge in [0, 0.05) is 17.6 Å². The summed E-state index contributed by atoms with van der Waals surface area (Å²) in [5, 5.41) is 6.46. The van der Waals surface area contributed by atoms with E-state index >= 15 is 0 Å². The first-order valence-corrected chi connectivity index (χ1v) is 7.58. The molecule has 6 nitrogen and oxygen atoms in total. The van der Waals surface area contributed by atoms with Gasteiger partial charge in [-0.2, -0.15) is 0 Å². The molecule has 0 aliphatic heterocycles. The van der Waals surface area contributed by atoms with E-state index < -0.39 is 0 Å². The molecule has 2 N–H and O–H groups in total. The second-order valence-electron chi connectivity index (χ2n) is 4.62. The molecule has 7 heteroatoms. The van der Waals surface area contributed by atoms with E-state index in [9.17, 15) is 4.79 Å². The van der Waals surface area contributed by atoms with E-state index in [1.54, 1.807) is 20.4 Å². The van der Waals surface area contributed by atoms with Crippen LogP contribution in [-0.4, -0.2) is 31.7 Å². The number of methoxy groups -OCH3 is 2. The number of rotatable bonds is 7. The molecule has 1 amide bonds. The monoisotopic (exact) mass is 321 g/mol. The number of carbonyl (C=O) groups is 1. The zero-order valence-corrected chi connectivity index (χ0v) is 13.6. The minimum atomic E-state index is -0.116. The van der Waals surface area contributed by atoms with E-state index in [4.69, 9.17) is 9.47 Å². The van der Waals surface area contributed by atoms with E-state index in [-0.39, 0.29) is 12.5 Å². The summed E-state index contributed by atoms with van der Waals surface area (Å²) >= 11 is 1.45. The van der Waals surface area contributed by atoms with Gasteiger partial charge in [0.1, 0.15) is 0 Å². The summed E-state index contributed by atoms with van der Waals surface area (Å²) in [6.45, 7) is 2.72. The molecular formula is C15H19N3O3S. The molecule has 1 heterocycles. The topological polar surface area (TPSA) is 72.5 Å². The van der Waals surface area contributed by atoms with Crippen LogP contribution in [0.5, 0.6) is 11.5 Å². The largest absolute Gasteiger partial charge is 0.493 e. The number of carbonyl (C=O) groups excluding carboxylic acids is 1. The van der Waals surface area contributed by atoms with Crippen LogP contribution in [-0.2, 0) is 11.3 Å². The van der Waals surface area contributed by atoms with Crippen molar-refractivity contribution in [1.82, 2.24) is 10.3 Å². The van der Waals surface area contributed by atoms with Gasteiger partial charge in [0.05, 0.1) is 20.8 Å². The van der Waals surface area contributed by atoms with Crippen molar-refractivity contribution in [3.8, 4) is 11.5 Å². The Labute approximate surface area is 133 Å². The number of nitrogens with one attached hydrogen (secondary N) is 2. The lowest BCUT2D eigenvalue weighted by molar-refractivity contribution is -0.115. The number of thiazole rings is 1. The lowest BCUT2D eigenvalue weighted by Crippen LogP contribution is -2.27. The Morgan fingerprint density at radius 3 is 2.68 bits per heavy atom. The molecule has 1 aromatic heterocycles. The molecule has 118 valence electrons. The van der Waals surface area contributed by atoms with E-state index in [1.807, 2.05) is 25.1 Å². The number of aromatic nitrogens is 1. The fourth-order valence-corrected chi connectivity index (χ4v) is 2.57. The van der Waals surface area contributed by atoms with E-state index in [0.29, 0.717) is 23.2 Å². The zero-order valence-electron chi connectivity index (χ0n) is 12.8. The van der Waals surface area contributed by atoms with Gasteiger partial charge in [-0.3, -0.25) is 4.79 Å². The molecule has 22 heavy (non-hydrogen) atoms. The highest BCUT2D eigenvalue weighted by atomic mass is 32.1. The third-order valence-electron chi connectivity index (χ3n) is 2.93. The van der Waals surface area contributed by atoms with Crippen LogP contribution in [0.1, 0.15) is 10.4 Å². The Balaban J connectivity index is 1.82. The van der Waals surface area contributed by atoms with Crippen molar-refractivity contribution in [1.29, 1.82) is 0 Å². The van der Waals surface area contributed by atoms with Gasteiger partial charge in [0.2, 0.25) is 5.91 Å². The molecule has 0 spiro atoms. The third kappa shape index (κ3) is 4.44. The molecule has 1 aromatic carbocycles. The summed E-state index contributed by atoms with van der Waals surface area (Å²) in [5.41, 5.74) is 1.01. The number of hydrogen-bond donors (Lipinski definition) is 2. The Morgan fingerprint density at radius 1 is 1.27 bits per heavy atom. The highest BCUT2D eigenvalue weighted by molar-refractivity contribution is 7.15. The zero-order chi connectivity index (χ0) is 15.9. The highest BCUT2D eigenvalue weighted by Crippen LogP contribution is 2.27. The molecule has 0 saturated heterocycles. The Hall–Kier alpha value is -2.12. The Morgan fingerprint density at radius 2 is 2.05 bits per heavy atom. The van der Waals surface area contributed by atoms with Gasteiger partial charge in [0.15, 0.2) is 16.6 Å². The van der Waals surface area contributed by atoms with Crippen molar-refractivity contribution in [2.24, 2.45) is 0 Å². The summed E-state index contributed by atoms with van der Waals surface area (Å²) in [6.07, 6.45) is 1.73. The summed E-state index contributed by atoms with van der Waals surface area (Å²) < 4.78 is 10.4. The third-order valence-corrected chi connectivity index (χ3v) is 3.76. The second-order valence-corrected chi connectivity index (χ2v) is 5.85. The second kappa shape index (κ2) is 7.77. The van der Waals surface area contributed by atoms with Crippen LogP contribution >= 0.6 is 11.3 Å². The maximum absolute atomic E-state index is 11.8. The standard InChI is InChI=1S/C15H19N3O3S/c1-10-7-17-15(22-10)18-14(19)9-16-8-11-4-5-12(20-2)13(6-11)21-3/h4-7,16H,8-9H2,1-3H3,(H,17,18,19). The number of anilines is 1. The predicted octanol–water partition coefficient (Wildman–Crippen LogP) is 2.20. The van der Waals surface area contributed by atoms with Gasteiger partial charge in [-0.25, -0.2) is 4.98 Å². The fourth-order valence-electron chi connectivity index (χ4n) is 1.89. The van der Waals surface area contributed by atoms with Crippen molar-refractivity contribution < 1.29 is 14.3 Å².